The van der Waals surface area contributed by atoms with Gasteiger partial charge in [0.1, 0.15) is 0 Å². The number of alkyl halides is 2. The molecule has 0 aliphatic heterocycles. The van der Waals surface area contributed by atoms with Gasteiger partial charge in [-0.3, -0.25) is 4.68 Å². The second-order valence-electron chi connectivity index (χ2n) is 2.04. The van der Waals surface area contributed by atoms with E-state index >= 15 is 0 Å². The van der Waals surface area contributed by atoms with Gasteiger partial charge >= 0.3 is 12.6 Å². The maximum atomic E-state index is 11.5. The molecule has 0 bridgehead atoms. The van der Waals surface area contributed by atoms with E-state index in [2.05, 4.69) is 9.84 Å². The van der Waals surface area contributed by atoms with Crippen LogP contribution in [0.25, 0.3) is 0 Å². The molecule has 0 fully saturated rings. The lowest BCUT2D eigenvalue weighted by Crippen LogP contribution is -2.10. The van der Waals surface area contributed by atoms with Crippen LogP contribution in [0.4, 0.5) is 8.78 Å². The molecule has 0 aromatic carbocycles. The average molecular weight is 176 g/mol. The number of aryl methyl sites for hydroxylation is 1. The molecule has 0 amide bonds. The molecule has 0 atom stereocenters. The van der Waals surface area contributed by atoms with E-state index < -0.39 is 12.6 Å². The van der Waals surface area contributed by atoms with Crippen LogP contribution in [0.5, 0.6) is 0 Å². The van der Waals surface area contributed by atoms with Crippen molar-refractivity contribution in [3.05, 3.63) is 18.0 Å². The van der Waals surface area contributed by atoms with Gasteiger partial charge in [-0.15, -0.1) is 0 Å². The molecule has 0 aliphatic rings. The number of aromatic nitrogens is 2. The third kappa shape index (κ3) is 2.01. The van der Waals surface area contributed by atoms with E-state index in [1.807, 2.05) is 0 Å². The minimum Gasteiger partial charge on any atom is -0.398 e. The van der Waals surface area contributed by atoms with Gasteiger partial charge in [-0.1, -0.05) is 0 Å². The lowest BCUT2D eigenvalue weighted by atomic mass is 10.4. The van der Waals surface area contributed by atoms with E-state index in [0.717, 1.165) is 0 Å². The summed E-state index contributed by atoms with van der Waals surface area (Å²) >= 11 is 0. The first kappa shape index (κ1) is 8.63. The van der Waals surface area contributed by atoms with E-state index in [1.54, 1.807) is 7.05 Å². The Labute approximate surface area is 66.7 Å². The summed E-state index contributed by atoms with van der Waals surface area (Å²) in [5, 5.41) is 3.57. The van der Waals surface area contributed by atoms with Crippen LogP contribution >= 0.6 is 0 Å². The second kappa shape index (κ2) is 3.29. The van der Waals surface area contributed by atoms with Crippen LogP contribution in [-0.4, -0.2) is 22.4 Å². The molecule has 1 heterocycles. The third-order valence-corrected chi connectivity index (χ3v) is 1.12. The normalized spacial score (nSPS) is 10.3. The van der Waals surface area contributed by atoms with Crippen LogP contribution in [0.15, 0.2) is 12.3 Å². The van der Waals surface area contributed by atoms with Crippen molar-refractivity contribution >= 4 is 5.97 Å². The summed E-state index contributed by atoms with van der Waals surface area (Å²) in [4.78, 5) is 10.7. The van der Waals surface area contributed by atoms with E-state index in [4.69, 9.17) is 0 Å². The monoisotopic (exact) mass is 176 g/mol. The number of hydrogen-bond donors (Lipinski definition) is 0. The van der Waals surface area contributed by atoms with Gasteiger partial charge in [-0.05, 0) is 6.07 Å². The van der Waals surface area contributed by atoms with Crippen molar-refractivity contribution in [2.24, 2.45) is 7.05 Å². The van der Waals surface area contributed by atoms with E-state index in [9.17, 15) is 13.6 Å². The summed E-state index contributed by atoms with van der Waals surface area (Å²) in [6, 6.07) is 1.30. The predicted octanol–water partition coefficient (Wildman–Crippen LogP) is 0.799. The Balaban J connectivity index is 2.65. The van der Waals surface area contributed by atoms with Crippen molar-refractivity contribution < 1.29 is 18.3 Å². The number of carbonyl (C=O) groups excluding carboxylic acids is 1. The molecule has 1 aromatic rings. The molecule has 1 rings (SSSR count). The zero-order chi connectivity index (χ0) is 9.14. The fourth-order valence-electron chi connectivity index (χ4n) is 0.665. The van der Waals surface area contributed by atoms with Crippen molar-refractivity contribution in [1.82, 2.24) is 9.78 Å². The van der Waals surface area contributed by atoms with Gasteiger partial charge in [0.25, 0.3) is 0 Å². The van der Waals surface area contributed by atoms with Gasteiger partial charge in [-0.25, -0.2) is 4.79 Å². The second-order valence-corrected chi connectivity index (χ2v) is 2.04. The Kier molecular flexibility index (Phi) is 2.37. The lowest BCUT2D eigenvalue weighted by molar-refractivity contribution is -0.0910. The molecule has 0 N–H and O–H groups in total. The van der Waals surface area contributed by atoms with E-state index in [0.29, 0.717) is 0 Å². The molecule has 0 unspecified atom stereocenters. The molecule has 12 heavy (non-hydrogen) atoms. The third-order valence-electron chi connectivity index (χ3n) is 1.12. The first-order chi connectivity index (χ1) is 5.59. The molecule has 1 aromatic heterocycles. The van der Waals surface area contributed by atoms with Gasteiger partial charge in [0.15, 0.2) is 5.69 Å². The highest BCUT2D eigenvalue weighted by molar-refractivity contribution is 5.87. The van der Waals surface area contributed by atoms with Gasteiger partial charge < -0.3 is 4.74 Å². The summed E-state index contributed by atoms with van der Waals surface area (Å²) in [5.41, 5.74) is -0.127. The van der Waals surface area contributed by atoms with Crippen LogP contribution in [0.2, 0.25) is 0 Å². The van der Waals surface area contributed by atoms with Crippen molar-refractivity contribution in [2.75, 3.05) is 0 Å². The van der Waals surface area contributed by atoms with Gasteiger partial charge in [0.2, 0.25) is 0 Å². The van der Waals surface area contributed by atoms with Gasteiger partial charge in [0, 0.05) is 13.2 Å². The number of esters is 1. The van der Waals surface area contributed by atoms with Crippen LogP contribution in [0.1, 0.15) is 10.5 Å². The largest absolute Gasteiger partial charge is 0.398 e. The van der Waals surface area contributed by atoms with Crippen LogP contribution in [-0.2, 0) is 11.8 Å². The van der Waals surface area contributed by atoms with Crippen LogP contribution < -0.4 is 0 Å². The molecule has 0 saturated carbocycles. The molecule has 6 heteroatoms. The summed E-state index contributed by atoms with van der Waals surface area (Å²) < 4.78 is 27.9. The molecule has 66 valence electrons. The van der Waals surface area contributed by atoms with E-state index in [-0.39, 0.29) is 5.69 Å². The molecule has 0 radical (unpaired) electrons. The van der Waals surface area contributed by atoms with E-state index in [1.165, 1.54) is 16.9 Å². The topological polar surface area (TPSA) is 44.1 Å². The Morgan fingerprint density at radius 2 is 2.42 bits per heavy atom. The first-order valence-electron chi connectivity index (χ1n) is 3.08. The van der Waals surface area contributed by atoms with Gasteiger partial charge in [0.05, 0.1) is 0 Å². The summed E-state index contributed by atoms with van der Waals surface area (Å²) in [6.45, 7) is -3.10. The van der Waals surface area contributed by atoms with Crippen molar-refractivity contribution in [3.63, 3.8) is 0 Å². The summed E-state index contributed by atoms with van der Waals surface area (Å²) in [5.74, 6) is -1.12. The van der Waals surface area contributed by atoms with Crippen molar-refractivity contribution in [1.29, 1.82) is 0 Å². The number of carbonyl (C=O) groups is 1. The summed E-state index contributed by atoms with van der Waals surface area (Å²) in [7, 11) is 1.57. The predicted molar refractivity (Wildman–Crippen MR) is 34.6 cm³/mol. The molecule has 0 saturated heterocycles. The molecule has 0 spiro atoms. The number of halogens is 2. The molecular formula is C6H6F2N2O2. The standard InChI is InChI=1S/C6H6F2N2O2/c1-10-3-2-4(9-10)5(11)12-6(7)8/h2-3,6H,1H3. The number of ether oxygens (including phenoxy) is 1. The van der Waals surface area contributed by atoms with Gasteiger partial charge in [-0.2, -0.15) is 13.9 Å². The molecular weight excluding hydrogens is 170 g/mol. The highest BCUT2D eigenvalue weighted by Crippen LogP contribution is 2.02. The fourth-order valence-corrected chi connectivity index (χ4v) is 0.665. The smallest absolute Gasteiger partial charge is 0.389 e. The molecule has 4 nitrogen and oxygen atoms in total. The minimum atomic E-state index is -3.10. The van der Waals surface area contributed by atoms with Crippen molar-refractivity contribution in [2.45, 2.75) is 6.61 Å². The zero-order valence-corrected chi connectivity index (χ0v) is 6.20. The Bertz CT molecular complexity index is 285. The zero-order valence-electron chi connectivity index (χ0n) is 6.20. The highest BCUT2D eigenvalue weighted by atomic mass is 19.3. The average Bonchev–Trinajstić information content (AvgIpc) is 2.34. The Morgan fingerprint density at radius 3 is 2.83 bits per heavy atom. The van der Waals surface area contributed by atoms with Crippen LogP contribution in [0, 0.1) is 0 Å². The SMILES string of the molecule is Cn1ccc(C(=O)OC(F)F)n1. The fraction of sp³-hybridized carbons (Fsp3) is 0.333. The lowest BCUT2D eigenvalue weighted by Gasteiger charge is -1.98. The first-order valence-corrected chi connectivity index (χ1v) is 3.08. The Morgan fingerprint density at radius 1 is 1.75 bits per heavy atom. The minimum absolute atomic E-state index is 0.127. The molecule has 0 aliphatic carbocycles. The maximum absolute atomic E-state index is 11.5. The quantitative estimate of drug-likeness (QED) is 0.626. The van der Waals surface area contributed by atoms with Crippen LogP contribution in [0.3, 0.4) is 0 Å². The maximum Gasteiger partial charge on any atom is 0.389 e. The number of nitrogens with zero attached hydrogens (tertiary/aromatic N) is 2. The number of hydrogen-bond acceptors (Lipinski definition) is 3. The Hall–Kier alpha value is -1.46. The number of rotatable bonds is 2. The summed E-state index contributed by atoms with van der Waals surface area (Å²) in [6.07, 6.45) is 1.46. The highest BCUT2D eigenvalue weighted by Gasteiger charge is 2.14. The van der Waals surface area contributed by atoms with Crippen molar-refractivity contribution in [3.8, 4) is 0 Å².